The zero-order valence-corrected chi connectivity index (χ0v) is 5.43. The minimum absolute atomic E-state index is 0.0293. The average molecular weight is 119 g/mol. The van der Waals surface area contributed by atoms with Crippen LogP contribution in [-0.4, -0.2) is 18.2 Å². The molecule has 0 amide bonds. The molecule has 0 aliphatic carbocycles. The van der Waals surface area contributed by atoms with Crippen molar-refractivity contribution in [2.24, 2.45) is 0 Å². The molecule has 1 saturated heterocycles. The van der Waals surface area contributed by atoms with E-state index in [0.717, 1.165) is 6.42 Å². The van der Waals surface area contributed by atoms with Crippen LogP contribution in [0.25, 0.3) is 0 Å². The van der Waals surface area contributed by atoms with Gasteiger partial charge in [-0.25, -0.2) is 4.79 Å². The van der Waals surface area contributed by atoms with Crippen LogP contribution in [0.2, 0.25) is 0 Å². The largest absolute Gasteiger partial charge is 0.463 e. The Bertz CT molecular complexity index is 91.7. The van der Waals surface area contributed by atoms with Gasteiger partial charge in [-0.2, -0.15) is 0 Å². The Morgan fingerprint density at radius 1 is 1.86 bits per heavy atom. The first-order valence-corrected chi connectivity index (χ1v) is 3.12. The van der Waals surface area contributed by atoms with Gasteiger partial charge >= 0.3 is 5.97 Å². The summed E-state index contributed by atoms with van der Waals surface area (Å²) in [6, 6.07) is 0. The molecule has 2 atom stereocenters. The van der Waals surface area contributed by atoms with Crippen LogP contribution < -0.4 is 0 Å². The molecule has 1 rings (SSSR count). The SMILES string of the molecule is O=C1OCCC1[PH3+]. The molecule has 40 valence electrons. The number of carbonyl (C=O) groups excluding carboxylic acids is 1. The molecule has 1 fully saturated rings. The molecule has 0 saturated carbocycles. The van der Waals surface area contributed by atoms with E-state index in [4.69, 9.17) is 0 Å². The molecule has 0 aromatic heterocycles. The average Bonchev–Trinajstić information content (AvgIpc) is 1.91. The molecule has 0 radical (unpaired) electrons. The molecular weight excluding hydrogens is 111 g/mol. The number of cyclic esters (lactones) is 1. The van der Waals surface area contributed by atoms with Crippen LogP contribution >= 0.6 is 9.24 Å². The van der Waals surface area contributed by atoms with Crippen molar-refractivity contribution in [2.45, 2.75) is 12.1 Å². The summed E-state index contributed by atoms with van der Waals surface area (Å²) in [5.41, 5.74) is 0.181. The molecule has 0 aromatic rings. The van der Waals surface area contributed by atoms with Crippen molar-refractivity contribution >= 4 is 15.2 Å². The molecule has 0 bridgehead atoms. The van der Waals surface area contributed by atoms with Gasteiger partial charge in [0, 0.05) is 6.42 Å². The Labute approximate surface area is 44.4 Å². The van der Waals surface area contributed by atoms with E-state index >= 15 is 0 Å². The third kappa shape index (κ3) is 0.916. The number of hydrogen-bond donors (Lipinski definition) is 0. The predicted octanol–water partition coefficient (Wildman–Crippen LogP) is -0.0907. The third-order valence-corrected chi connectivity index (χ3v) is 1.79. The summed E-state index contributed by atoms with van der Waals surface area (Å²) in [5, 5.41) is 0. The predicted molar refractivity (Wildman–Crippen MR) is 30.5 cm³/mol. The Kier molecular flexibility index (Phi) is 1.29. The van der Waals surface area contributed by atoms with E-state index in [2.05, 4.69) is 4.74 Å². The van der Waals surface area contributed by atoms with Gasteiger partial charge in [-0.1, -0.05) is 0 Å². The first-order valence-electron chi connectivity index (χ1n) is 2.30. The van der Waals surface area contributed by atoms with Gasteiger partial charge < -0.3 is 4.74 Å². The molecule has 7 heavy (non-hydrogen) atoms. The van der Waals surface area contributed by atoms with E-state index in [9.17, 15) is 4.79 Å². The number of esters is 1. The molecule has 1 aliphatic rings. The molecule has 0 N–H and O–H groups in total. The van der Waals surface area contributed by atoms with E-state index in [1.165, 1.54) is 0 Å². The van der Waals surface area contributed by atoms with E-state index in [-0.39, 0.29) is 11.6 Å². The summed E-state index contributed by atoms with van der Waals surface area (Å²) >= 11 is 0. The lowest BCUT2D eigenvalue weighted by Gasteiger charge is -1.84. The van der Waals surface area contributed by atoms with Crippen molar-refractivity contribution in [3.8, 4) is 0 Å². The molecule has 1 aliphatic heterocycles. The highest BCUT2D eigenvalue weighted by atomic mass is 31.0. The first-order chi connectivity index (χ1) is 3.30. The zero-order chi connectivity index (χ0) is 5.28. The first kappa shape index (κ1) is 5.04. The van der Waals surface area contributed by atoms with Crippen molar-refractivity contribution in [1.29, 1.82) is 0 Å². The molecule has 1 heterocycles. The lowest BCUT2D eigenvalue weighted by Crippen LogP contribution is -2.03. The van der Waals surface area contributed by atoms with Gasteiger partial charge in [0.05, 0.1) is 6.61 Å². The second-order valence-corrected chi connectivity index (χ2v) is 2.64. The molecule has 0 spiro atoms. The monoisotopic (exact) mass is 119 g/mol. The standard InChI is InChI=1S/C4H7O2P/c5-4-3(7)1-2-6-4/h3H,1-2,7H2/p+1. The van der Waals surface area contributed by atoms with Crippen LogP contribution in [0.3, 0.4) is 0 Å². The smallest absolute Gasteiger partial charge is 0.346 e. The minimum atomic E-state index is -0.0293. The maximum absolute atomic E-state index is 10.4. The fraction of sp³-hybridized carbons (Fsp3) is 0.750. The van der Waals surface area contributed by atoms with Gasteiger partial charge in [0.1, 0.15) is 0 Å². The molecule has 2 unspecified atom stereocenters. The topological polar surface area (TPSA) is 26.3 Å². The van der Waals surface area contributed by atoms with Crippen LogP contribution in [0, 0.1) is 0 Å². The maximum atomic E-state index is 10.4. The quantitative estimate of drug-likeness (QED) is 0.329. The summed E-state index contributed by atoms with van der Waals surface area (Å²) in [7, 11) is 1.70. The van der Waals surface area contributed by atoms with Gasteiger partial charge in [-0.15, -0.1) is 0 Å². The van der Waals surface area contributed by atoms with Crippen molar-refractivity contribution in [2.75, 3.05) is 6.61 Å². The number of carbonyl (C=O) groups is 1. The van der Waals surface area contributed by atoms with E-state index in [0.29, 0.717) is 6.61 Å². The van der Waals surface area contributed by atoms with Gasteiger partial charge in [0.15, 0.2) is 5.66 Å². The van der Waals surface area contributed by atoms with Crippen LogP contribution in [0.4, 0.5) is 0 Å². The minimum Gasteiger partial charge on any atom is -0.463 e. The third-order valence-electron chi connectivity index (χ3n) is 1.04. The van der Waals surface area contributed by atoms with Crippen molar-refractivity contribution < 1.29 is 9.53 Å². The number of hydrogen-bond acceptors (Lipinski definition) is 2. The number of rotatable bonds is 0. The summed E-state index contributed by atoms with van der Waals surface area (Å²) in [5.74, 6) is -0.0293. The summed E-state index contributed by atoms with van der Waals surface area (Å²) in [6.45, 7) is 0.632. The lowest BCUT2D eigenvalue weighted by molar-refractivity contribution is -0.137. The highest BCUT2D eigenvalue weighted by Crippen LogP contribution is 2.13. The molecule has 0 aromatic carbocycles. The van der Waals surface area contributed by atoms with Crippen LogP contribution in [0.5, 0.6) is 0 Å². The van der Waals surface area contributed by atoms with Gasteiger partial charge in [0.2, 0.25) is 0 Å². The number of ether oxygens (including phenoxy) is 1. The zero-order valence-electron chi connectivity index (χ0n) is 4.02. The van der Waals surface area contributed by atoms with Crippen molar-refractivity contribution in [3.63, 3.8) is 0 Å². The Morgan fingerprint density at radius 2 is 2.57 bits per heavy atom. The van der Waals surface area contributed by atoms with Gasteiger partial charge in [0.25, 0.3) is 0 Å². The highest BCUT2D eigenvalue weighted by molar-refractivity contribution is 7.19. The summed E-state index contributed by atoms with van der Waals surface area (Å²) < 4.78 is 4.63. The van der Waals surface area contributed by atoms with E-state index in [1.54, 1.807) is 9.24 Å². The molecular formula is C4H8O2P+. The highest BCUT2D eigenvalue weighted by Gasteiger charge is 2.25. The normalized spacial score (nSPS) is 30.9. The second-order valence-electron chi connectivity index (χ2n) is 1.65. The van der Waals surface area contributed by atoms with Crippen molar-refractivity contribution in [3.05, 3.63) is 0 Å². The summed E-state index contributed by atoms with van der Waals surface area (Å²) in [6.07, 6.45) is 0.914. The second kappa shape index (κ2) is 1.79. The van der Waals surface area contributed by atoms with Crippen LogP contribution in [-0.2, 0) is 9.53 Å². The lowest BCUT2D eigenvalue weighted by atomic mass is 10.4. The van der Waals surface area contributed by atoms with Crippen molar-refractivity contribution in [1.82, 2.24) is 0 Å². The fourth-order valence-electron chi connectivity index (χ4n) is 0.537. The fourth-order valence-corrected chi connectivity index (χ4v) is 0.822. The Hall–Kier alpha value is -0.100. The van der Waals surface area contributed by atoms with E-state index < -0.39 is 0 Å². The molecule has 3 heteroatoms. The van der Waals surface area contributed by atoms with Gasteiger partial charge in [-0.05, 0) is 9.24 Å². The Morgan fingerprint density at radius 3 is 2.71 bits per heavy atom. The van der Waals surface area contributed by atoms with Crippen LogP contribution in [0.15, 0.2) is 0 Å². The van der Waals surface area contributed by atoms with Gasteiger partial charge in [-0.3, -0.25) is 0 Å². The molecule has 2 nitrogen and oxygen atoms in total. The van der Waals surface area contributed by atoms with Crippen LogP contribution in [0.1, 0.15) is 6.42 Å². The summed E-state index contributed by atoms with van der Waals surface area (Å²) in [4.78, 5) is 10.4. The van der Waals surface area contributed by atoms with E-state index in [1.807, 2.05) is 0 Å². The Balaban J connectivity index is 2.48. The maximum Gasteiger partial charge on any atom is 0.346 e.